The molecule has 4 heteroatoms. The maximum absolute atomic E-state index is 3.67. The van der Waals surface area contributed by atoms with Gasteiger partial charge in [0.25, 0.3) is 0 Å². The van der Waals surface area contributed by atoms with Crippen LogP contribution in [0.4, 0.5) is 5.69 Å². The van der Waals surface area contributed by atoms with Gasteiger partial charge in [-0.05, 0) is 38.6 Å². The van der Waals surface area contributed by atoms with Crippen molar-refractivity contribution < 1.29 is 0 Å². The van der Waals surface area contributed by atoms with E-state index in [-0.39, 0.29) is 0 Å². The van der Waals surface area contributed by atoms with E-state index in [1.165, 1.54) is 15.7 Å². The van der Waals surface area contributed by atoms with E-state index in [4.69, 9.17) is 0 Å². The maximum atomic E-state index is 3.67. The summed E-state index contributed by atoms with van der Waals surface area (Å²) in [5, 5.41) is 3.19. The van der Waals surface area contributed by atoms with Crippen molar-refractivity contribution >= 4 is 21.6 Å². The fourth-order valence-electron chi connectivity index (χ4n) is 2.56. The molecule has 0 aromatic heterocycles. The van der Waals surface area contributed by atoms with Crippen LogP contribution in [0.3, 0.4) is 0 Å². The van der Waals surface area contributed by atoms with Gasteiger partial charge in [-0.2, -0.15) is 0 Å². The van der Waals surface area contributed by atoms with E-state index >= 15 is 0 Å². The van der Waals surface area contributed by atoms with Gasteiger partial charge in [0.2, 0.25) is 0 Å². The number of rotatable bonds is 4. The number of benzene rings is 1. The number of piperazine rings is 1. The second-order valence-corrected chi connectivity index (χ2v) is 6.28. The fraction of sp³-hybridized carbons (Fsp3) is 0.600. The van der Waals surface area contributed by atoms with Gasteiger partial charge in [0.15, 0.2) is 0 Å². The lowest BCUT2D eigenvalue weighted by atomic mass is 10.1. The first-order valence-corrected chi connectivity index (χ1v) is 7.83. The molecule has 0 aliphatic carbocycles. The first-order chi connectivity index (χ1) is 9.11. The summed E-state index contributed by atoms with van der Waals surface area (Å²) in [6.07, 6.45) is 0. The van der Waals surface area contributed by atoms with Gasteiger partial charge in [0.1, 0.15) is 0 Å². The average Bonchev–Trinajstić information content (AvgIpc) is 2.41. The van der Waals surface area contributed by atoms with Crippen LogP contribution in [0.2, 0.25) is 0 Å². The van der Waals surface area contributed by atoms with Crippen LogP contribution in [0.15, 0.2) is 22.7 Å². The topological polar surface area (TPSA) is 18.5 Å². The van der Waals surface area contributed by atoms with E-state index in [9.17, 15) is 0 Å². The van der Waals surface area contributed by atoms with Crippen LogP contribution in [0.1, 0.15) is 19.4 Å². The number of nitrogens with one attached hydrogen (secondary N) is 1. The van der Waals surface area contributed by atoms with E-state index in [1.807, 2.05) is 7.05 Å². The zero-order valence-corrected chi connectivity index (χ0v) is 13.7. The van der Waals surface area contributed by atoms with Gasteiger partial charge in [-0.25, -0.2) is 0 Å². The number of nitrogens with zero attached hydrogens (tertiary/aromatic N) is 2. The molecule has 1 heterocycles. The Kier molecular flexibility index (Phi) is 5.25. The summed E-state index contributed by atoms with van der Waals surface area (Å²) in [5.41, 5.74) is 2.64. The predicted molar refractivity (Wildman–Crippen MR) is 85.8 cm³/mol. The molecule has 0 saturated carbocycles. The summed E-state index contributed by atoms with van der Waals surface area (Å²) in [6.45, 7) is 10.0. The molecular weight excluding hydrogens is 302 g/mol. The van der Waals surface area contributed by atoms with Gasteiger partial charge >= 0.3 is 0 Å². The monoisotopic (exact) mass is 325 g/mol. The summed E-state index contributed by atoms with van der Waals surface area (Å²) in [7, 11) is 1.98. The second kappa shape index (κ2) is 6.73. The lowest BCUT2D eigenvalue weighted by molar-refractivity contribution is 0.209. The van der Waals surface area contributed by atoms with Gasteiger partial charge in [-0.1, -0.05) is 22.0 Å². The third-order valence-corrected chi connectivity index (χ3v) is 4.55. The van der Waals surface area contributed by atoms with Crippen LogP contribution in [0, 0.1) is 0 Å². The molecule has 1 aromatic rings. The fourth-order valence-corrected chi connectivity index (χ4v) is 3.07. The molecule has 1 aromatic carbocycles. The van der Waals surface area contributed by atoms with Crippen molar-refractivity contribution in [2.75, 3.05) is 38.1 Å². The number of hydrogen-bond acceptors (Lipinski definition) is 3. The van der Waals surface area contributed by atoms with Crippen molar-refractivity contribution in [2.45, 2.75) is 26.4 Å². The molecule has 0 spiro atoms. The first kappa shape index (κ1) is 14.8. The van der Waals surface area contributed by atoms with Crippen molar-refractivity contribution in [3.63, 3.8) is 0 Å². The number of halogens is 1. The van der Waals surface area contributed by atoms with E-state index in [2.05, 4.69) is 63.1 Å². The highest BCUT2D eigenvalue weighted by molar-refractivity contribution is 9.10. The van der Waals surface area contributed by atoms with Crippen LogP contribution < -0.4 is 10.2 Å². The second-order valence-electron chi connectivity index (χ2n) is 5.42. The Labute approximate surface area is 125 Å². The third-order valence-electron chi connectivity index (χ3n) is 3.81. The van der Waals surface area contributed by atoms with Crippen LogP contribution in [0.5, 0.6) is 0 Å². The molecule has 1 saturated heterocycles. The van der Waals surface area contributed by atoms with Crippen molar-refractivity contribution in [1.29, 1.82) is 0 Å². The molecule has 0 atom stereocenters. The summed E-state index contributed by atoms with van der Waals surface area (Å²) < 4.78 is 1.20. The Morgan fingerprint density at radius 1 is 1.21 bits per heavy atom. The van der Waals surface area contributed by atoms with Crippen LogP contribution >= 0.6 is 15.9 Å². The van der Waals surface area contributed by atoms with Crippen molar-refractivity contribution in [1.82, 2.24) is 10.2 Å². The van der Waals surface area contributed by atoms with Crippen molar-refractivity contribution in [3.8, 4) is 0 Å². The molecule has 0 amide bonds. The Morgan fingerprint density at radius 3 is 2.42 bits per heavy atom. The van der Waals surface area contributed by atoms with Gasteiger partial charge < -0.3 is 10.2 Å². The average molecular weight is 326 g/mol. The highest BCUT2D eigenvalue weighted by Crippen LogP contribution is 2.25. The molecule has 0 radical (unpaired) electrons. The molecule has 19 heavy (non-hydrogen) atoms. The van der Waals surface area contributed by atoms with E-state index < -0.39 is 0 Å². The van der Waals surface area contributed by atoms with Gasteiger partial charge in [-0.3, -0.25) is 4.90 Å². The van der Waals surface area contributed by atoms with Gasteiger partial charge in [0, 0.05) is 48.9 Å². The van der Waals surface area contributed by atoms with Crippen LogP contribution in [-0.4, -0.2) is 44.2 Å². The highest BCUT2D eigenvalue weighted by atomic mass is 79.9. The zero-order chi connectivity index (χ0) is 13.8. The zero-order valence-electron chi connectivity index (χ0n) is 12.1. The minimum absolute atomic E-state index is 0.659. The Balaban J connectivity index is 2.01. The maximum Gasteiger partial charge on any atom is 0.0378 e. The summed E-state index contributed by atoms with van der Waals surface area (Å²) in [6, 6.07) is 7.36. The molecule has 1 aliphatic heterocycles. The molecular formula is C15H24BrN3. The molecule has 0 unspecified atom stereocenters. The van der Waals surface area contributed by atoms with Crippen LogP contribution in [0.25, 0.3) is 0 Å². The summed E-state index contributed by atoms with van der Waals surface area (Å²) >= 11 is 3.67. The molecule has 1 aliphatic rings. The molecule has 2 rings (SSSR count). The minimum Gasteiger partial charge on any atom is -0.369 e. The molecule has 1 fully saturated rings. The van der Waals surface area contributed by atoms with E-state index in [0.29, 0.717) is 6.04 Å². The van der Waals surface area contributed by atoms with Gasteiger partial charge in [0.05, 0.1) is 0 Å². The van der Waals surface area contributed by atoms with Gasteiger partial charge in [-0.15, -0.1) is 0 Å². The smallest absolute Gasteiger partial charge is 0.0378 e. The van der Waals surface area contributed by atoms with E-state index in [1.54, 1.807) is 0 Å². The summed E-state index contributed by atoms with van der Waals surface area (Å²) in [5.74, 6) is 0. The minimum atomic E-state index is 0.659. The Hall–Kier alpha value is -0.580. The Morgan fingerprint density at radius 2 is 1.89 bits per heavy atom. The largest absolute Gasteiger partial charge is 0.369 e. The summed E-state index contributed by atoms with van der Waals surface area (Å²) in [4.78, 5) is 5.02. The first-order valence-electron chi connectivity index (χ1n) is 7.04. The third kappa shape index (κ3) is 3.71. The molecule has 1 N–H and O–H groups in total. The normalized spacial score (nSPS) is 17.2. The lowest BCUT2D eigenvalue weighted by Crippen LogP contribution is -2.48. The number of hydrogen-bond donors (Lipinski definition) is 1. The highest BCUT2D eigenvalue weighted by Gasteiger charge is 2.19. The van der Waals surface area contributed by atoms with Crippen molar-refractivity contribution in [3.05, 3.63) is 28.2 Å². The predicted octanol–water partition coefficient (Wildman–Crippen LogP) is 2.70. The number of anilines is 1. The molecule has 0 bridgehead atoms. The quantitative estimate of drug-likeness (QED) is 0.918. The SMILES string of the molecule is CNCc1ccc(N2CCN(C(C)C)CC2)cc1Br. The Bertz CT molecular complexity index is 412. The van der Waals surface area contributed by atoms with Crippen molar-refractivity contribution in [2.24, 2.45) is 0 Å². The van der Waals surface area contributed by atoms with Crippen LogP contribution in [-0.2, 0) is 6.54 Å². The molecule has 3 nitrogen and oxygen atoms in total. The lowest BCUT2D eigenvalue weighted by Gasteiger charge is -2.38. The standard InChI is InChI=1S/C15H24BrN3/c1-12(2)18-6-8-19(9-7-18)14-5-4-13(11-17-3)15(16)10-14/h4-5,10,12,17H,6-9,11H2,1-3H3. The van der Waals surface area contributed by atoms with E-state index in [0.717, 1.165) is 32.7 Å². The molecule has 106 valence electrons.